The second-order valence-corrected chi connectivity index (χ2v) is 9.49. The maximum Gasteiger partial charge on any atom is 0.247 e. The number of ether oxygens (including phenoxy) is 2. The molecule has 31 heavy (non-hydrogen) atoms. The summed E-state index contributed by atoms with van der Waals surface area (Å²) in [4.78, 5) is 26.0. The molecule has 0 aliphatic carbocycles. The van der Waals surface area contributed by atoms with Crippen LogP contribution in [-0.4, -0.2) is 61.5 Å². The Labute approximate surface area is 192 Å². The van der Waals surface area contributed by atoms with Crippen molar-refractivity contribution in [2.45, 2.75) is 53.5 Å². The van der Waals surface area contributed by atoms with Crippen LogP contribution in [0.15, 0.2) is 12.7 Å². The highest BCUT2D eigenvalue weighted by molar-refractivity contribution is 7.80. The maximum atomic E-state index is 13.3. The smallest absolute Gasteiger partial charge is 0.247 e. The summed E-state index contributed by atoms with van der Waals surface area (Å²) >= 11 is 5.57. The fraction of sp³-hybridized carbons (Fsp3) is 0.773. The molecule has 0 unspecified atom stereocenters. The predicted octanol–water partition coefficient (Wildman–Crippen LogP) is 2.46. The number of allylic oxidation sites excluding steroid dienone is 1. The molecular weight excluding hydrogens is 418 g/mol. The molecule has 0 heterocycles. The minimum absolute atomic E-state index is 0.178. The summed E-state index contributed by atoms with van der Waals surface area (Å²) in [5.74, 6) is -2.04. The number of hydrogen-bond acceptors (Lipinski definition) is 6. The Morgan fingerprint density at radius 3 is 2.26 bits per heavy atom. The Kier molecular flexibility index (Phi) is 14.5. The number of hydrogen-bond donors (Lipinski definition) is 4. The highest BCUT2D eigenvalue weighted by Gasteiger charge is 2.37. The molecule has 0 aliphatic rings. The van der Waals surface area contributed by atoms with Crippen molar-refractivity contribution in [3.05, 3.63) is 12.7 Å². The van der Waals surface area contributed by atoms with E-state index in [1.807, 2.05) is 34.6 Å². The van der Waals surface area contributed by atoms with Gasteiger partial charge in [0, 0.05) is 13.7 Å². The van der Waals surface area contributed by atoms with Gasteiger partial charge in [-0.05, 0) is 24.2 Å². The molecule has 0 aromatic heterocycles. The van der Waals surface area contributed by atoms with Gasteiger partial charge in [0.15, 0.2) is 0 Å². The number of amides is 2. The number of carbonyl (C=O) groups excluding carboxylic acids is 2. The van der Waals surface area contributed by atoms with Crippen LogP contribution < -0.4 is 16.1 Å². The Morgan fingerprint density at radius 1 is 1.13 bits per heavy atom. The molecule has 0 bridgehead atoms. The van der Waals surface area contributed by atoms with E-state index in [4.69, 9.17) is 26.9 Å². The molecule has 0 aromatic rings. The lowest BCUT2D eigenvalue weighted by molar-refractivity contribution is -0.141. The van der Waals surface area contributed by atoms with Gasteiger partial charge in [0.05, 0.1) is 42.7 Å². The molecule has 180 valence electrons. The van der Waals surface area contributed by atoms with Crippen LogP contribution in [0.4, 0.5) is 0 Å². The zero-order valence-corrected chi connectivity index (χ0v) is 20.6. The fourth-order valence-electron chi connectivity index (χ4n) is 3.20. The quantitative estimate of drug-likeness (QED) is 0.0979. The Morgan fingerprint density at radius 2 is 1.77 bits per heavy atom. The van der Waals surface area contributed by atoms with Crippen molar-refractivity contribution in [3.8, 4) is 0 Å². The Balaban J connectivity index is 5.35. The topological polar surface area (TPSA) is 109 Å². The second-order valence-electron chi connectivity index (χ2n) is 9.05. The van der Waals surface area contributed by atoms with Gasteiger partial charge in [0.2, 0.25) is 11.8 Å². The van der Waals surface area contributed by atoms with Gasteiger partial charge in [-0.25, -0.2) is 5.48 Å². The summed E-state index contributed by atoms with van der Waals surface area (Å²) in [6.07, 6.45) is 2.35. The molecule has 4 N–H and O–H groups in total. The molecule has 3 atom stereocenters. The number of thiocarbonyl (C=S) groups is 1. The van der Waals surface area contributed by atoms with Crippen molar-refractivity contribution >= 4 is 29.0 Å². The molecule has 2 amide bonds. The van der Waals surface area contributed by atoms with Gasteiger partial charge >= 0.3 is 0 Å². The monoisotopic (exact) mass is 459 g/mol. The van der Waals surface area contributed by atoms with Gasteiger partial charge in [-0.2, -0.15) is 0 Å². The average molecular weight is 460 g/mol. The standard InChI is InChI=1S/C22H41N3O5S/c1-8-9-16(20(27)25-28)17(14-15(2)3)19(26)24-18(22(4,5)6)21(31)23-10-11-30-13-12-29-7/h8,15-18,28H,1,9-14H2,2-7H3,(H,23,31)(H,24,26)(H,25,27)/t16-,17+,18+/m0/s1. The van der Waals surface area contributed by atoms with Crippen molar-refractivity contribution in [1.82, 2.24) is 16.1 Å². The van der Waals surface area contributed by atoms with Crippen molar-refractivity contribution in [2.24, 2.45) is 23.2 Å². The summed E-state index contributed by atoms with van der Waals surface area (Å²) < 4.78 is 10.4. The molecule has 9 heteroatoms. The van der Waals surface area contributed by atoms with Crippen molar-refractivity contribution in [3.63, 3.8) is 0 Å². The lowest BCUT2D eigenvalue weighted by atomic mass is 9.80. The van der Waals surface area contributed by atoms with Crippen molar-refractivity contribution in [1.29, 1.82) is 0 Å². The minimum atomic E-state index is -0.721. The van der Waals surface area contributed by atoms with Gasteiger partial charge in [0.25, 0.3) is 0 Å². The molecule has 0 fully saturated rings. The molecule has 0 aliphatic heterocycles. The van der Waals surface area contributed by atoms with E-state index in [0.717, 1.165) is 0 Å². The summed E-state index contributed by atoms with van der Waals surface area (Å²) in [5.41, 5.74) is 1.33. The van der Waals surface area contributed by atoms with Gasteiger partial charge in [-0.15, -0.1) is 6.58 Å². The second kappa shape index (κ2) is 15.3. The zero-order valence-electron chi connectivity index (χ0n) is 19.8. The normalized spacial score (nSPS) is 14.5. The van der Waals surface area contributed by atoms with Crippen molar-refractivity contribution < 1.29 is 24.3 Å². The first kappa shape index (κ1) is 29.5. The number of carbonyl (C=O) groups is 2. The third-order valence-corrected chi connectivity index (χ3v) is 5.19. The number of nitrogens with one attached hydrogen (secondary N) is 3. The van der Waals surface area contributed by atoms with Crippen LogP contribution in [-0.2, 0) is 19.1 Å². The Hall–Kier alpha value is -1.55. The molecular formula is C22H41N3O5S. The maximum absolute atomic E-state index is 13.3. The zero-order chi connectivity index (χ0) is 24.0. The highest BCUT2D eigenvalue weighted by atomic mass is 32.1. The summed E-state index contributed by atoms with van der Waals surface area (Å²) in [6, 6.07) is -0.440. The Bertz CT molecular complexity index is 578. The molecule has 0 rings (SSSR count). The predicted molar refractivity (Wildman–Crippen MR) is 126 cm³/mol. The van der Waals surface area contributed by atoms with E-state index >= 15 is 0 Å². The van der Waals surface area contributed by atoms with Crippen LogP contribution in [0.5, 0.6) is 0 Å². The van der Waals surface area contributed by atoms with Crippen LogP contribution in [0.25, 0.3) is 0 Å². The van der Waals surface area contributed by atoms with E-state index in [1.165, 1.54) is 0 Å². The molecule has 8 nitrogen and oxygen atoms in total. The number of hydroxylamine groups is 1. The lowest BCUT2D eigenvalue weighted by Crippen LogP contribution is -2.55. The van der Waals surface area contributed by atoms with Gasteiger partial charge < -0.3 is 20.1 Å². The van der Waals surface area contributed by atoms with Gasteiger partial charge in [-0.1, -0.05) is 52.9 Å². The van der Waals surface area contributed by atoms with Crippen molar-refractivity contribution in [2.75, 3.05) is 33.5 Å². The average Bonchev–Trinajstić information content (AvgIpc) is 2.69. The molecule has 0 aromatic carbocycles. The van der Waals surface area contributed by atoms with Crippen LogP contribution >= 0.6 is 12.2 Å². The van der Waals surface area contributed by atoms with Gasteiger partial charge in [0.1, 0.15) is 0 Å². The molecule has 0 saturated carbocycles. The van der Waals surface area contributed by atoms with E-state index in [-0.39, 0.29) is 23.7 Å². The SMILES string of the molecule is C=CC[C@H](C(=O)NO)[C@@H](CC(C)C)C(=O)N[C@H](C(=S)NCCOCCOC)C(C)(C)C. The summed E-state index contributed by atoms with van der Waals surface area (Å²) in [7, 11) is 1.61. The molecule has 0 radical (unpaired) electrons. The van der Waals surface area contributed by atoms with E-state index in [9.17, 15) is 9.59 Å². The van der Waals surface area contributed by atoms with Gasteiger partial charge in [-0.3, -0.25) is 14.8 Å². The third-order valence-electron chi connectivity index (χ3n) is 4.81. The first-order chi connectivity index (χ1) is 14.5. The number of rotatable bonds is 15. The fourth-order valence-corrected chi connectivity index (χ4v) is 3.71. The molecule has 0 saturated heterocycles. The number of methoxy groups -OCH3 is 1. The highest BCUT2D eigenvalue weighted by Crippen LogP contribution is 2.27. The lowest BCUT2D eigenvalue weighted by Gasteiger charge is -2.35. The largest absolute Gasteiger partial charge is 0.382 e. The third kappa shape index (κ3) is 11.6. The first-order valence-electron chi connectivity index (χ1n) is 10.7. The van der Waals surface area contributed by atoms with E-state index in [1.54, 1.807) is 18.7 Å². The van der Waals surface area contributed by atoms with Crippen LogP contribution in [0, 0.1) is 23.2 Å². The summed E-state index contributed by atoms with van der Waals surface area (Å²) in [6.45, 7) is 15.6. The minimum Gasteiger partial charge on any atom is -0.382 e. The van der Waals surface area contributed by atoms with E-state index < -0.39 is 23.8 Å². The van der Waals surface area contributed by atoms with E-state index in [2.05, 4.69) is 17.2 Å². The van der Waals surface area contributed by atoms with Crippen LogP contribution in [0.2, 0.25) is 0 Å². The molecule has 0 spiro atoms. The summed E-state index contributed by atoms with van der Waals surface area (Å²) in [5, 5.41) is 15.4. The van der Waals surface area contributed by atoms with E-state index in [0.29, 0.717) is 37.8 Å². The van der Waals surface area contributed by atoms with Crippen LogP contribution in [0.3, 0.4) is 0 Å². The first-order valence-corrected chi connectivity index (χ1v) is 11.1. The van der Waals surface area contributed by atoms with Crippen LogP contribution in [0.1, 0.15) is 47.5 Å².